The Morgan fingerprint density at radius 1 is 1.10 bits per heavy atom. The molecule has 0 bridgehead atoms. The molecule has 2 aliphatic rings. The van der Waals surface area contributed by atoms with Crippen molar-refractivity contribution in [3.63, 3.8) is 0 Å². The lowest BCUT2D eigenvalue weighted by Crippen LogP contribution is -2.41. The van der Waals surface area contributed by atoms with Gasteiger partial charge in [-0.2, -0.15) is 14.7 Å². The lowest BCUT2D eigenvalue weighted by Gasteiger charge is -2.30. The Bertz CT molecular complexity index is 1520. The maximum atomic E-state index is 13.5. The molecule has 9 nitrogen and oxygen atoms in total. The molecule has 0 saturated carbocycles. The molecule has 202 valence electrons. The molecule has 1 amide bonds. The van der Waals surface area contributed by atoms with E-state index in [9.17, 15) is 18.5 Å². The maximum Gasteiger partial charge on any atom is 0.264 e. The highest BCUT2D eigenvalue weighted by Gasteiger charge is 2.29. The zero-order valence-corrected chi connectivity index (χ0v) is 22.7. The summed E-state index contributed by atoms with van der Waals surface area (Å²) in [5.74, 6) is -0.0572. The van der Waals surface area contributed by atoms with Crippen molar-refractivity contribution >= 4 is 22.0 Å². The van der Waals surface area contributed by atoms with Crippen LogP contribution in [0.25, 0.3) is 23.0 Å². The van der Waals surface area contributed by atoms with E-state index in [-0.39, 0.29) is 16.4 Å². The fourth-order valence-electron chi connectivity index (χ4n) is 4.98. The predicted octanol–water partition coefficient (Wildman–Crippen LogP) is 3.73. The van der Waals surface area contributed by atoms with Gasteiger partial charge >= 0.3 is 0 Å². The molecule has 3 aromatic rings. The number of hydrogen-bond donors (Lipinski definition) is 0. The first-order valence-corrected chi connectivity index (χ1v) is 14.6. The van der Waals surface area contributed by atoms with Gasteiger partial charge in [0.2, 0.25) is 10.0 Å². The first-order chi connectivity index (χ1) is 18.9. The van der Waals surface area contributed by atoms with Crippen molar-refractivity contribution in [2.75, 3.05) is 39.4 Å². The Labute approximate surface area is 229 Å². The topological polar surface area (TPSA) is 109 Å². The summed E-state index contributed by atoms with van der Waals surface area (Å²) in [5, 5.41) is 14.6. The number of rotatable bonds is 6. The van der Waals surface area contributed by atoms with Crippen molar-refractivity contribution < 1.29 is 17.9 Å². The number of benzene rings is 2. The van der Waals surface area contributed by atoms with Crippen LogP contribution in [0.1, 0.15) is 25.3 Å². The summed E-state index contributed by atoms with van der Waals surface area (Å²) in [4.78, 5) is 14.9. The molecule has 2 saturated heterocycles. The number of amides is 1. The SMILES string of the molecule is CC1CCCN(S(=O)(=O)c2cccc(-c3nn(-c4ccccc4)cc3/C=C(/C#N)C(=O)N3CCOCC3)c2)C1. The summed E-state index contributed by atoms with van der Waals surface area (Å²) in [5.41, 5.74) is 2.38. The average molecular weight is 546 g/mol. The highest BCUT2D eigenvalue weighted by molar-refractivity contribution is 7.89. The number of morpholine rings is 1. The molecule has 5 rings (SSSR count). The number of piperidine rings is 1. The maximum absolute atomic E-state index is 13.5. The lowest BCUT2D eigenvalue weighted by atomic mass is 10.0. The molecule has 1 aromatic heterocycles. The minimum atomic E-state index is -3.68. The van der Waals surface area contributed by atoms with Gasteiger partial charge < -0.3 is 9.64 Å². The second-order valence-corrected chi connectivity index (χ2v) is 11.9. The van der Waals surface area contributed by atoms with E-state index in [4.69, 9.17) is 9.84 Å². The summed E-state index contributed by atoms with van der Waals surface area (Å²) < 4.78 is 35.6. The van der Waals surface area contributed by atoms with Gasteiger partial charge in [-0.05, 0) is 49.1 Å². The molecule has 0 aliphatic carbocycles. The number of aromatic nitrogens is 2. The molecule has 3 heterocycles. The fourth-order valence-corrected chi connectivity index (χ4v) is 6.63. The van der Waals surface area contributed by atoms with Gasteiger partial charge in [0.05, 0.1) is 23.8 Å². The molecule has 0 N–H and O–H groups in total. The number of carbonyl (C=O) groups is 1. The molecule has 2 aliphatic heterocycles. The third-order valence-electron chi connectivity index (χ3n) is 7.08. The van der Waals surface area contributed by atoms with Gasteiger partial charge in [-0.3, -0.25) is 4.79 Å². The molecular formula is C29H31N5O4S. The average Bonchev–Trinajstić information content (AvgIpc) is 3.40. The van der Waals surface area contributed by atoms with E-state index in [0.29, 0.717) is 62.1 Å². The van der Waals surface area contributed by atoms with E-state index in [1.165, 1.54) is 6.08 Å². The summed E-state index contributed by atoms with van der Waals surface area (Å²) in [6.45, 7) is 4.77. The van der Waals surface area contributed by atoms with Crippen LogP contribution >= 0.6 is 0 Å². The van der Waals surface area contributed by atoms with E-state index < -0.39 is 10.0 Å². The Hall–Kier alpha value is -3.78. The van der Waals surface area contributed by atoms with Crippen molar-refractivity contribution in [1.29, 1.82) is 5.26 Å². The van der Waals surface area contributed by atoms with Crippen molar-refractivity contribution in [3.8, 4) is 23.0 Å². The van der Waals surface area contributed by atoms with Gasteiger partial charge in [-0.15, -0.1) is 0 Å². The standard InChI is InChI=1S/C29H31N5O4S/c1-22-7-6-12-33(20-22)39(36,37)27-11-5-8-23(18-27)28-25(21-34(31-28)26-9-3-2-4-10-26)17-24(19-30)29(35)32-13-15-38-16-14-32/h2-5,8-11,17-18,21-22H,6-7,12-16,20H2,1H3/b24-17-. The summed E-state index contributed by atoms with van der Waals surface area (Å²) in [6, 6.07) is 18.2. The molecule has 2 fully saturated rings. The van der Waals surface area contributed by atoms with Crippen molar-refractivity contribution in [2.45, 2.75) is 24.7 Å². The molecule has 2 aromatic carbocycles. The Kier molecular flexibility index (Phi) is 7.93. The van der Waals surface area contributed by atoms with Gasteiger partial charge in [0.15, 0.2) is 0 Å². The first-order valence-electron chi connectivity index (χ1n) is 13.1. The molecule has 39 heavy (non-hydrogen) atoms. The van der Waals surface area contributed by atoms with Crippen LogP contribution in [0.15, 0.2) is 71.3 Å². The van der Waals surface area contributed by atoms with Crippen molar-refractivity contribution in [3.05, 3.63) is 71.9 Å². The molecule has 10 heteroatoms. The smallest absolute Gasteiger partial charge is 0.264 e. The monoisotopic (exact) mass is 545 g/mol. The summed E-state index contributed by atoms with van der Waals surface area (Å²) >= 11 is 0. The predicted molar refractivity (Wildman–Crippen MR) is 147 cm³/mol. The molecule has 0 radical (unpaired) electrons. The second-order valence-electron chi connectivity index (χ2n) is 9.93. The largest absolute Gasteiger partial charge is 0.378 e. The number of ether oxygens (including phenoxy) is 1. The van der Waals surface area contributed by atoms with E-state index in [0.717, 1.165) is 18.5 Å². The molecule has 1 unspecified atom stereocenters. The number of nitrogens with zero attached hydrogens (tertiary/aromatic N) is 5. The van der Waals surface area contributed by atoms with Crippen molar-refractivity contribution in [1.82, 2.24) is 19.0 Å². The van der Waals surface area contributed by atoms with Gasteiger partial charge in [0.25, 0.3) is 5.91 Å². The quantitative estimate of drug-likeness (QED) is 0.345. The highest BCUT2D eigenvalue weighted by Crippen LogP contribution is 2.30. The van der Waals surface area contributed by atoms with E-state index in [2.05, 4.69) is 6.92 Å². The Morgan fingerprint density at radius 3 is 2.59 bits per heavy atom. The van der Waals surface area contributed by atoms with Crippen LogP contribution in [-0.2, 0) is 19.6 Å². The fraction of sp³-hybridized carbons (Fsp3) is 0.345. The summed E-state index contributed by atoms with van der Waals surface area (Å²) in [6.07, 6.45) is 5.14. The third kappa shape index (κ3) is 5.81. The van der Waals surface area contributed by atoms with Crippen LogP contribution in [0.3, 0.4) is 0 Å². The van der Waals surface area contributed by atoms with Crippen LogP contribution < -0.4 is 0 Å². The van der Waals surface area contributed by atoms with Gasteiger partial charge in [-0.1, -0.05) is 37.3 Å². The van der Waals surface area contributed by atoms with Crippen LogP contribution in [-0.4, -0.2) is 72.7 Å². The second kappa shape index (κ2) is 11.5. The summed E-state index contributed by atoms with van der Waals surface area (Å²) in [7, 11) is -3.68. The number of nitriles is 1. The zero-order valence-electron chi connectivity index (χ0n) is 21.9. The van der Waals surface area contributed by atoms with Crippen LogP contribution in [0.5, 0.6) is 0 Å². The lowest BCUT2D eigenvalue weighted by molar-refractivity contribution is -0.130. The van der Waals surface area contributed by atoms with Crippen LogP contribution in [0, 0.1) is 17.2 Å². The van der Waals surface area contributed by atoms with Crippen LogP contribution in [0.4, 0.5) is 0 Å². The normalized spacial score (nSPS) is 19.0. The van der Waals surface area contributed by atoms with Gasteiger partial charge in [0, 0.05) is 43.5 Å². The van der Waals surface area contributed by atoms with Gasteiger partial charge in [-0.25, -0.2) is 13.1 Å². The first kappa shape index (κ1) is 26.8. The Morgan fingerprint density at radius 2 is 1.87 bits per heavy atom. The van der Waals surface area contributed by atoms with E-state index in [1.54, 1.807) is 44.3 Å². The third-order valence-corrected chi connectivity index (χ3v) is 8.94. The molecular weight excluding hydrogens is 514 g/mol. The zero-order chi connectivity index (χ0) is 27.4. The minimum Gasteiger partial charge on any atom is -0.378 e. The number of sulfonamides is 1. The molecule has 0 spiro atoms. The number of hydrogen-bond acceptors (Lipinski definition) is 6. The van der Waals surface area contributed by atoms with E-state index >= 15 is 0 Å². The van der Waals surface area contributed by atoms with E-state index in [1.807, 2.05) is 36.4 Å². The number of para-hydroxylation sites is 1. The minimum absolute atomic E-state index is 0.0168. The highest BCUT2D eigenvalue weighted by atomic mass is 32.2. The van der Waals surface area contributed by atoms with Gasteiger partial charge in [0.1, 0.15) is 17.3 Å². The van der Waals surface area contributed by atoms with Crippen molar-refractivity contribution in [2.24, 2.45) is 5.92 Å². The number of carbonyl (C=O) groups excluding carboxylic acids is 1. The molecule has 1 atom stereocenters. The van der Waals surface area contributed by atoms with Crippen LogP contribution in [0.2, 0.25) is 0 Å². The Balaban J connectivity index is 1.57.